The second-order valence-electron chi connectivity index (χ2n) is 9.74. The lowest BCUT2D eigenvalue weighted by Gasteiger charge is -2.30. The Morgan fingerprint density at radius 2 is 1.26 bits per heavy atom. The molecular weight excluding hydrogens is 394 g/mol. The maximum atomic E-state index is 11.8. The molecular formula is C25H39NO5. The van der Waals surface area contributed by atoms with Crippen molar-refractivity contribution in [1.82, 2.24) is 5.32 Å². The molecule has 0 aromatic carbocycles. The Morgan fingerprint density at radius 3 is 1.68 bits per heavy atom. The molecule has 0 saturated heterocycles. The van der Waals surface area contributed by atoms with Crippen LogP contribution in [0.25, 0.3) is 0 Å². The van der Waals surface area contributed by atoms with Crippen molar-refractivity contribution in [3.05, 3.63) is 0 Å². The quantitative estimate of drug-likeness (QED) is 0.504. The first-order chi connectivity index (χ1) is 15.0. The fraction of sp³-hybridized carbons (Fsp3) is 0.840. The molecule has 0 spiro atoms. The molecule has 0 unspecified atom stereocenters. The van der Waals surface area contributed by atoms with E-state index in [1.54, 1.807) is 6.92 Å². The fourth-order valence-electron chi connectivity index (χ4n) is 5.19. The van der Waals surface area contributed by atoms with Gasteiger partial charge in [0.2, 0.25) is 0 Å². The van der Waals surface area contributed by atoms with Gasteiger partial charge < -0.3 is 10.1 Å². The normalized spacial score (nSPS) is 27.9. The van der Waals surface area contributed by atoms with E-state index in [4.69, 9.17) is 4.74 Å². The second kappa shape index (κ2) is 11.9. The van der Waals surface area contributed by atoms with E-state index in [-0.39, 0.29) is 31.1 Å². The van der Waals surface area contributed by atoms with Crippen LogP contribution in [-0.2, 0) is 23.9 Å². The summed E-state index contributed by atoms with van der Waals surface area (Å²) in [6.07, 6.45) is 16.0. The number of carbonyl (C=O) groups is 4. The van der Waals surface area contributed by atoms with Crippen molar-refractivity contribution in [2.75, 3.05) is 6.61 Å². The summed E-state index contributed by atoms with van der Waals surface area (Å²) >= 11 is 0. The van der Waals surface area contributed by atoms with Gasteiger partial charge in [-0.25, -0.2) is 0 Å². The van der Waals surface area contributed by atoms with Crippen LogP contribution in [0, 0.1) is 17.8 Å². The summed E-state index contributed by atoms with van der Waals surface area (Å²) < 4.78 is 4.81. The van der Waals surface area contributed by atoms with E-state index in [2.05, 4.69) is 5.32 Å². The molecule has 0 bridgehead atoms. The first-order valence-electron chi connectivity index (χ1n) is 12.5. The van der Waals surface area contributed by atoms with Gasteiger partial charge in [0.1, 0.15) is 5.92 Å². The molecule has 0 amide bonds. The van der Waals surface area contributed by atoms with Crippen molar-refractivity contribution < 1.29 is 23.9 Å². The third-order valence-corrected chi connectivity index (χ3v) is 7.11. The molecule has 1 N–H and O–H groups in total. The highest BCUT2D eigenvalue weighted by Crippen LogP contribution is 2.36. The molecule has 31 heavy (non-hydrogen) atoms. The molecule has 4 saturated carbocycles. The van der Waals surface area contributed by atoms with Gasteiger partial charge in [0.05, 0.1) is 12.5 Å². The lowest BCUT2D eigenvalue weighted by molar-refractivity contribution is -0.156. The summed E-state index contributed by atoms with van der Waals surface area (Å²) in [5.41, 5.74) is 0. The predicted octanol–water partition coefficient (Wildman–Crippen LogP) is 3.93. The number of ketones is 3. The zero-order valence-electron chi connectivity index (χ0n) is 19.0. The highest BCUT2D eigenvalue weighted by Gasteiger charge is 2.46. The molecule has 174 valence electrons. The zero-order valence-corrected chi connectivity index (χ0v) is 19.0. The Bertz CT molecular complexity index is 610. The van der Waals surface area contributed by atoms with Crippen molar-refractivity contribution in [3.8, 4) is 0 Å². The largest absolute Gasteiger partial charge is 0.466 e. The summed E-state index contributed by atoms with van der Waals surface area (Å²) in [5.74, 6) is -3.51. The molecule has 6 heteroatoms. The minimum Gasteiger partial charge on any atom is -0.466 e. The first kappa shape index (κ1) is 24.1. The summed E-state index contributed by atoms with van der Waals surface area (Å²) in [7, 11) is 0. The summed E-state index contributed by atoms with van der Waals surface area (Å²) in [6, 6.07) is 1.74. The Balaban J connectivity index is 0.000000185. The van der Waals surface area contributed by atoms with Gasteiger partial charge in [0.25, 0.3) is 0 Å². The van der Waals surface area contributed by atoms with Gasteiger partial charge in [-0.1, -0.05) is 38.5 Å². The van der Waals surface area contributed by atoms with E-state index in [1.165, 1.54) is 64.2 Å². The number of rotatable bonds is 6. The standard InChI is InChI=1S/C13H16O5.C12H23N/c1-2-18-13(17)8-5-9(14)11(10(15)6-8)12(16)7-3-4-7;1-3-7-11(8-4-1)13-12-9-5-2-6-10-12/h7-8,11H,2-6H2,1H3;11-13H,1-10H2. The number of esters is 1. The number of Topliss-reactive ketones (excluding diaryl/α,β-unsaturated/α-hetero) is 3. The SMILES string of the molecule is C1CCC(NC2CCCCC2)CC1.CCOC(=O)C1CC(=O)C(C(=O)C2CC2)C(=O)C1. The summed E-state index contributed by atoms with van der Waals surface area (Å²) in [5, 5.41) is 3.86. The van der Waals surface area contributed by atoms with E-state index < -0.39 is 29.4 Å². The molecule has 0 aromatic heterocycles. The van der Waals surface area contributed by atoms with Crippen LogP contribution in [-0.4, -0.2) is 42.0 Å². The van der Waals surface area contributed by atoms with E-state index in [0.29, 0.717) is 0 Å². The van der Waals surface area contributed by atoms with Crippen molar-refractivity contribution in [3.63, 3.8) is 0 Å². The topological polar surface area (TPSA) is 89.5 Å². The van der Waals surface area contributed by atoms with Gasteiger partial charge in [0, 0.05) is 30.8 Å². The molecule has 4 fully saturated rings. The van der Waals surface area contributed by atoms with Gasteiger partial charge in [-0.3, -0.25) is 19.2 Å². The molecule has 0 aromatic rings. The van der Waals surface area contributed by atoms with Crippen LogP contribution in [0.1, 0.15) is 96.8 Å². The van der Waals surface area contributed by atoms with E-state index in [0.717, 1.165) is 24.9 Å². The maximum Gasteiger partial charge on any atom is 0.309 e. The van der Waals surface area contributed by atoms with Crippen molar-refractivity contribution in [2.45, 2.75) is 109 Å². The van der Waals surface area contributed by atoms with Gasteiger partial charge >= 0.3 is 5.97 Å². The van der Waals surface area contributed by atoms with Crippen LogP contribution >= 0.6 is 0 Å². The van der Waals surface area contributed by atoms with Crippen molar-refractivity contribution in [1.29, 1.82) is 0 Å². The van der Waals surface area contributed by atoms with Gasteiger partial charge in [-0.15, -0.1) is 0 Å². The van der Waals surface area contributed by atoms with Crippen molar-refractivity contribution in [2.24, 2.45) is 17.8 Å². The van der Waals surface area contributed by atoms with E-state index >= 15 is 0 Å². The van der Waals surface area contributed by atoms with Crippen LogP contribution in [0.4, 0.5) is 0 Å². The first-order valence-corrected chi connectivity index (χ1v) is 12.5. The minimum atomic E-state index is -1.11. The number of hydrogen-bond acceptors (Lipinski definition) is 6. The molecule has 0 heterocycles. The molecule has 0 aliphatic heterocycles. The Kier molecular flexibility index (Phi) is 9.24. The van der Waals surface area contributed by atoms with Gasteiger partial charge in [-0.2, -0.15) is 0 Å². The number of nitrogens with one attached hydrogen (secondary N) is 1. The van der Waals surface area contributed by atoms with Crippen LogP contribution in [0.3, 0.4) is 0 Å². The highest BCUT2D eigenvalue weighted by atomic mass is 16.5. The van der Waals surface area contributed by atoms with Gasteiger partial charge in [-0.05, 0) is 45.4 Å². The molecule has 4 aliphatic rings. The Hall–Kier alpha value is -1.56. The lowest BCUT2D eigenvalue weighted by atomic mass is 9.77. The highest BCUT2D eigenvalue weighted by molar-refractivity contribution is 6.22. The second-order valence-corrected chi connectivity index (χ2v) is 9.74. The third kappa shape index (κ3) is 7.23. The van der Waals surface area contributed by atoms with Crippen LogP contribution in [0.5, 0.6) is 0 Å². The number of ether oxygens (including phenoxy) is 1. The molecule has 6 nitrogen and oxygen atoms in total. The average molecular weight is 434 g/mol. The van der Waals surface area contributed by atoms with Crippen LogP contribution < -0.4 is 5.32 Å². The third-order valence-electron chi connectivity index (χ3n) is 7.11. The van der Waals surface area contributed by atoms with Crippen LogP contribution in [0.2, 0.25) is 0 Å². The lowest BCUT2D eigenvalue weighted by Crippen LogP contribution is -2.41. The molecule has 0 atom stereocenters. The summed E-state index contributed by atoms with van der Waals surface area (Å²) in [6.45, 7) is 1.89. The Labute approximate surface area is 186 Å². The average Bonchev–Trinajstić information content (AvgIpc) is 3.61. The van der Waals surface area contributed by atoms with Gasteiger partial charge in [0.15, 0.2) is 17.3 Å². The molecule has 4 rings (SSSR count). The smallest absolute Gasteiger partial charge is 0.309 e. The van der Waals surface area contributed by atoms with E-state index in [1.807, 2.05) is 0 Å². The summed E-state index contributed by atoms with van der Waals surface area (Å²) in [4.78, 5) is 47.0. The molecule has 4 aliphatic carbocycles. The van der Waals surface area contributed by atoms with Crippen molar-refractivity contribution >= 4 is 23.3 Å². The number of hydrogen-bond donors (Lipinski definition) is 1. The molecule has 0 radical (unpaired) electrons. The number of carbonyl (C=O) groups excluding carboxylic acids is 4. The Morgan fingerprint density at radius 1 is 0.774 bits per heavy atom. The predicted molar refractivity (Wildman–Crippen MR) is 117 cm³/mol. The maximum absolute atomic E-state index is 11.8. The monoisotopic (exact) mass is 433 g/mol. The zero-order chi connectivity index (χ0) is 22.2. The van der Waals surface area contributed by atoms with E-state index in [9.17, 15) is 19.2 Å². The minimum absolute atomic E-state index is 0.0479. The fourth-order valence-corrected chi connectivity index (χ4v) is 5.19. The van der Waals surface area contributed by atoms with Crippen LogP contribution in [0.15, 0.2) is 0 Å².